The van der Waals surface area contributed by atoms with E-state index in [-0.39, 0.29) is 12.5 Å². The van der Waals surface area contributed by atoms with E-state index in [0.717, 1.165) is 12.0 Å². The van der Waals surface area contributed by atoms with Crippen molar-refractivity contribution in [3.05, 3.63) is 65.7 Å². The molecule has 0 aliphatic carbocycles. The van der Waals surface area contributed by atoms with Gasteiger partial charge in [0.15, 0.2) is 0 Å². The van der Waals surface area contributed by atoms with Gasteiger partial charge in [-0.3, -0.25) is 0 Å². The fraction of sp³-hybridized carbons (Fsp3) is 0.250. The molecule has 0 aliphatic rings. The van der Waals surface area contributed by atoms with Crippen LogP contribution in [-0.2, 0) is 6.42 Å². The Bertz CT molecular complexity index is 479. The molecule has 94 valence electrons. The van der Waals surface area contributed by atoms with Gasteiger partial charge in [0.25, 0.3) is 0 Å². The van der Waals surface area contributed by atoms with E-state index in [9.17, 15) is 10.2 Å². The molecule has 2 aromatic carbocycles. The van der Waals surface area contributed by atoms with Crippen LogP contribution in [0.2, 0.25) is 0 Å². The Labute approximate surface area is 108 Å². The average molecular weight is 242 g/mol. The smallest absolute Gasteiger partial charge is 0.118 e. The molecule has 2 aromatic rings. The molecule has 0 unspecified atom stereocenters. The van der Waals surface area contributed by atoms with Crippen molar-refractivity contribution in [2.75, 3.05) is 6.61 Å². The molecular weight excluding hydrogens is 224 g/mol. The Balaban J connectivity index is 2.19. The van der Waals surface area contributed by atoms with E-state index in [1.165, 1.54) is 5.56 Å². The van der Waals surface area contributed by atoms with Gasteiger partial charge in [-0.1, -0.05) is 48.5 Å². The van der Waals surface area contributed by atoms with Crippen molar-refractivity contribution >= 4 is 0 Å². The highest BCUT2D eigenvalue weighted by atomic mass is 16.3. The van der Waals surface area contributed by atoms with Gasteiger partial charge in [0, 0.05) is 6.61 Å². The zero-order chi connectivity index (χ0) is 12.8. The number of phenols is 1. The van der Waals surface area contributed by atoms with Crippen molar-refractivity contribution in [3.8, 4) is 5.75 Å². The van der Waals surface area contributed by atoms with E-state index in [1.807, 2.05) is 36.4 Å². The fourth-order valence-corrected chi connectivity index (χ4v) is 2.22. The first kappa shape index (κ1) is 12.7. The van der Waals surface area contributed by atoms with Crippen LogP contribution in [0.3, 0.4) is 0 Å². The summed E-state index contributed by atoms with van der Waals surface area (Å²) in [4.78, 5) is 0. The van der Waals surface area contributed by atoms with Gasteiger partial charge in [0.1, 0.15) is 5.75 Å². The number of benzene rings is 2. The van der Waals surface area contributed by atoms with Crippen LogP contribution >= 0.6 is 0 Å². The monoisotopic (exact) mass is 242 g/mol. The van der Waals surface area contributed by atoms with Crippen molar-refractivity contribution in [2.24, 2.45) is 0 Å². The van der Waals surface area contributed by atoms with E-state index in [0.29, 0.717) is 12.2 Å². The molecule has 2 heteroatoms. The highest BCUT2D eigenvalue weighted by Gasteiger charge is 2.13. The van der Waals surface area contributed by atoms with Gasteiger partial charge in [-0.2, -0.15) is 0 Å². The number of aliphatic hydroxyl groups is 1. The highest BCUT2D eigenvalue weighted by Crippen LogP contribution is 2.27. The molecule has 0 aliphatic heterocycles. The van der Waals surface area contributed by atoms with Crippen LogP contribution in [0.15, 0.2) is 54.6 Å². The summed E-state index contributed by atoms with van der Waals surface area (Å²) in [6.45, 7) is 0.160. The molecule has 18 heavy (non-hydrogen) atoms. The summed E-state index contributed by atoms with van der Waals surface area (Å²) in [5.74, 6) is 0.570. The van der Waals surface area contributed by atoms with Gasteiger partial charge in [-0.25, -0.2) is 0 Å². The largest absolute Gasteiger partial charge is 0.508 e. The zero-order valence-electron chi connectivity index (χ0n) is 10.3. The van der Waals surface area contributed by atoms with Gasteiger partial charge < -0.3 is 10.2 Å². The predicted octanol–water partition coefficient (Wildman–Crippen LogP) is 3.10. The predicted molar refractivity (Wildman–Crippen MR) is 72.7 cm³/mol. The molecule has 0 bridgehead atoms. The maximum atomic E-state index is 9.81. The second-order valence-electron chi connectivity index (χ2n) is 4.45. The number of aliphatic hydroxyl groups excluding tert-OH is 1. The minimum absolute atomic E-state index is 0.160. The van der Waals surface area contributed by atoms with Crippen molar-refractivity contribution in [2.45, 2.75) is 18.8 Å². The summed E-state index contributed by atoms with van der Waals surface area (Å²) in [7, 11) is 0. The summed E-state index contributed by atoms with van der Waals surface area (Å²) in [6, 6.07) is 17.5. The zero-order valence-corrected chi connectivity index (χ0v) is 10.3. The van der Waals surface area contributed by atoms with E-state index < -0.39 is 0 Å². The first-order chi connectivity index (χ1) is 8.81. The number of hydrogen-bond acceptors (Lipinski definition) is 2. The molecule has 0 saturated heterocycles. The van der Waals surface area contributed by atoms with Crippen molar-refractivity contribution in [1.82, 2.24) is 0 Å². The van der Waals surface area contributed by atoms with E-state index in [4.69, 9.17) is 0 Å². The molecule has 2 N–H and O–H groups in total. The second kappa shape index (κ2) is 6.22. The molecule has 2 nitrogen and oxygen atoms in total. The minimum Gasteiger partial charge on any atom is -0.508 e. The lowest BCUT2D eigenvalue weighted by atomic mass is 9.89. The quantitative estimate of drug-likeness (QED) is 0.845. The third kappa shape index (κ3) is 3.11. The SMILES string of the molecule is OCC[C@@H](Cc1ccccc1O)c1ccccc1. The van der Waals surface area contributed by atoms with Crippen molar-refractivity contribution in [1.29, 1.82) is 0 Å². The third-order valence-corrected chi connectivity index (χ3v) is 3.21. The Morgan fingerprint density at radius 3 is 2.22 bits per heavy atom. The molecule has 0 aromatic heterocycles. The minimum atomic E-state index is 0.160. The summed E-state index contributed by atoms with van der Waals surface area (Å²) < 4.78 is 0. The Morgan fingerprint density at radius 2 is 1.56 bits per heavy atom. The maximum Gasteiger partial charge on any atom is 0.118 e. The lowest BCUT2D eigenvalue weighted by Crippen LogP contribution is -2.05. The fourth-order valence-electron chi connectivity index (χ4n) is 2.22. The highest BCUT2D eigenvalue weighted by molar-refractivity contribution is 5.34. The molecular formula is C16H18O2. The van der Waals surface area contributed by atoms with Crippen LogP contribution in [-0.4, -0.2) is 16.8 Å². The first-order valence-electron chi connectivity index (χ1n) is 6.24. The normalized spacial score (nSPS) is 12.3. The Morgan fingerprint density at radius 1 is 0.889 bits per heavy atom. The lowest BCUT2D eigenvalue weighted by Gasteiger charge is -2.17. The molecule has 0 saturated carbocycles. The molecule has 0 heterocycles. The summed E-state index contributed by atoms with van der Waals surface area (Å²) in [5, 5.41) is 19.0. The second-order valence-corrected chi connectivity index (χ2v) is 4.45. The van der Waals surface area contributed by atoms with Crippen LogP contribution in [0.25, 0.3) is 0 Å². The van der Waals surface area contributed by atoms with Gasteiger partial charge in [-0.15, -0.1) is 0 Å². The van der Waals surface area contributed by atoms with E-state index in [2.05, 4.69) is 12.1 Å². The van der Waals surface area contributed by atoms with Gasteiger partial charge >= 0.3 is 0 Å². The molecule has 0 radical (unpaired) electrons. The number of hydrogen-bond donors (Lipinski definition) is 2. The first-order valence-corrected chi connectivity index (χ1v) is 6.24. The summed E-state index contributed by atoms with van der Waals surface area (Å²) in [5.41, 5.74) is 2.13. The average Bonchev–Trinajstić information content (AvgIpc) is 2.42. The summed E-state index contributed by atoms with van der Waals surface area (Å²) >= 11 is 0. The summed E-state index contributed by atoms with van der Waals surface area (Å²) in [6.07, 6.45) is 1.45. The number of para-hydroxylation sites is 1. The third-order valence-electron chi connectivity index (χ3n) is 3.21. The van der Waals surface area contributed by atoms with Crippen LogP contribution in [0.1, 0.15) is 23.5 Å². The molecule has 1 atom stereocenters. The van der Waals surface area contributed by atoms with Crippen LogP contribution in [0.5, 0.6) is 5.75 Å². The van der Waals surface area contributed by atoms with Crippen LogP contribution < -0.4 is 0 Å². The Kier molecular flexibility index (Phi) is 4.37. The van der Waals surface area contributed by atoms with E-state index >= 15 is 0 Å². The molecule has 0 amide bonds. The van der Waals surface area contributed by atoms with E-state index in [1.54, 1.807) is 6.07 Å². The standard InChI is InChI=1S/C16H18O2/c17-11-10-14(13-6-2-1-3-7-13)12-15-8-4-5-9-16(15)18/h1-9,14,17-18H,10-12H2/t14-/m0/s1. The molecule has 2 rings (SSSR count). The van der Waals surface area contributed by atoms with Gasteiger partial charge in [0.05, 0.1) is 0 Å². The lowest BCUT2D eigenvalue weighted by molar-refractivity contribution is 0.274. The van der Waals surface area contributed by atoms with Crippen LogP contribution in [0.4, 0.5) is 0 Å². The topological polar surface area (TPSA) is 40.5 Å². The molecule has 0 spiro atoms. The number of phenolic OH excluding ortho intramolecular Hbond substituents is 1. The van der Waals surface area contributed by atoms with Gasteiger partial charge in [0.2, 0.25) is 0 Å². The maximum absolute atomic E-state index is 9.81. The number of rotatable bonds is 5. The van der Waals surface area contributed by atoms with Gasteiger partial charge in [-0.05, 0) is 36.0 Å². The van der Waals surface area contributed by atoms with Crippen molar-refractivity contribution < 1.29 is 10.2 Å². The van der Waals surface area contributed by atoms with Crippen LogP contribution in [0, 0.1) is 0 Å². The van der Waals surface area contributed by atoms with Crippen molar-refractivity contribution in [3.63, 3.8) is 0 Å². The number of aromatic hydroxyl groups is 1. The Hall–Kier alpha value is -1.80. The molecule has 0 fully saturated rings.